The zero-order valence-electron chi connectivity index (χ0n) is 20.5. The van der Waals surface area contributed by atoms with E-state index < -0.39 is 5.60 Å². The fourth-order valence-electron chi connectivity index (χ4n) is 6.74. The van der Waals surface area contributed by atoms with Crippen molar-refractivity contribution in [2.24, 2.45) is 17.3 Å². The predicted octanol–water partition coefficient (Wildman–Crippen LogP) is 4.50. The summed E-state index contributed by atoms with van der Waals surface area (Å²) in [6, 6.07) is 14.9. The maximum absolute atomic E-state index is 11.3. The smallest absolute Gasteiger partial charge is 0.141 e. The third-order valence-electron chi connectivity index (χ3n) is 9.31. The summed E-state index contributed by atoms with van der Waals surface area (Å²) >= 11 is 0. The topological polar surface area (TPSA) is 39.6 Å². The van der Waals surface area contributed by atoms with Gasteiger partial charge in [0.15, 0.2) is 0 Å². The number of nitrogens with zero attached hydrogens (tertiary/aromatic N) is 3. The highest BCUT2D eigenvalue weighted by Crippen LogP contribution is 2.50. The number of rotatable bonds is 4. The molecule has 0 radical (unpaired) electrons. The summed E-state index contributed by atoms with van der Waals surface area (Å²) < 4.78 is 0. The molecule has 4 heteroatoms. The molecular weight excluding hydrogens is 418 g/mol. The van der Waals surface area contributed by atoms with E-state index in [1.807, 2.05) is 0 Å². The van der Waals surface area contributed by atoms with Crippen LogP contribution in [0.15, 0.2) is 42.5 Å². The Labute approximate surface area is 204 Å². The normalized spacial score (nSPS) is 31.6. The van der Waals surface area contributed by atoms with E-state index in [1.54, 1.807) is 0 Å². The molecule has 1 N–H and O–H groups in total. The minimum Gasteiger partial charge on any atom is -0.376 e. The van der Waals surface area contributed by atoms with Gasteiger partial charge in [0.1, 0.15) is 11.4 Å². The molecule has 2 aromatic rings. The fraction of sp³-hybridized carbons (Fsp3) is 0.567. The Balaban J connectivity index is 1.28. The molecule has 178 valence electrons. The van der Waals surface area contributed by atoms with Crippen molar-refractivity contribution in [3.05, 3.63) is 59.3 Å². The SMILES string of the molecule is CC1(C2CCN(c3ccc(C#CC4(O)CN5CCC4CC5)c(Cc4ccccc4)n3)C2)CCC1. The van der Waals surface area contributed by atoms with E-state index in [-0.39, 0.29) is 0 Å². The van der Waals surface area contributed by atoms with E-state index in [9.17, 15) is 5.11 Å². The van der Waals surface area contributed by atoms with Crippen LogP contribution in [0.4, 0.5) is 5.82 Å². The first kappa shape index (κ1) is 22.1. The fourth-order valence-corrected chi connectivity index (χ4v) is 6.74. The van der Waals surface area contributed by atoms with Crippen LogP contribution < -0.4 is 4.90 Å². The van der Waals surface area contributed by atoms with Gasteiger partial charge in [0.2, 0.25) is 0 Å². The molecule has 2 atom stereocenters. The molecule has 4 saturated heterocycles. The van der Waals surface area contributed by atoms with Crippen molar-refractivity contribution in [3.63, 3.8) is 0 Å². The highest BCUT2D eigenvalue weighted by Gasteiger charge is 2.44. The van der Waals surface area contributed by atoms with E-state index in [0.717, 1.165) is 68.4 Å². The highest BCUT2D eigenvalue weighted by molar-refractivity contribution is 5.50. The molecule has 5 aliphatic rings. The molecular formula is C30H37N3O. The van der Waals surface area contributed by atoms with Crippen LogP contribution in [0.3, 0.4) is 0 Å². The van der Waals surface area contributed by atoms with Gasteiger partial charge in [0, 0.05) is 37.5 Å². The minimum atomic E-state index is -0.889. The lowest BCUT2D eigenvalue weighted by Crippen LogP contribution is -2.58. The highest BCUT2D eigenvalue weighted by atomic mass is 16.3. The van der Waals surface area contributed by atoms with Gasteiger partial charge in [-0.15, -0.1) is 0 Å². The van der Waals surface area contributed by atoms with Gasteiger partial charge >= 0.3 is 0 Å². The van der Waals surface area contributed by atoms with Crippen LogP contribution >= 0.6 is 0 Å². The molecule has 7 rings (SSSR count). The summed E-state index contributed by atoms with van der Waals surface area (Å²) in [7, 11) is 0. The summed E-state index contributed by atoms with van der Waals surface area (Å²) in [4.78, 5) is 10.0. The molecule has 5 heterocycles. The van der Waals surface area contributed by atoms with Crippen LogP contribution in [-0.2, 0) is 6.42 Å². The number of hydrogen-bond acceptors (Lipinski definition) is 4. The lowest BCUT2D eigenvalue weighted by Gasteiger charge is -2.47. The first-order valence-corrected chi connectivity index (χ1v) is 13.3. The Morgan fingerprint density at radius 3 is 2.44 bits per heavy atom. The molecule has 0 spiro atoms. The van der Waals surface area contributed by atoms with E-state index in [0.29, 0.717) is 17.9 Å². The Hall–Kier alpha value is -2.35. The van der Waals surface area contributed by atoms with Crippen LogP contribution in [0, 0.1) is 29.1 Å². The molecule has 2 unspecified atom stereocenters. The van der Waals surface area contributed by atoms with Crippen LogP contribution in [-0.4, -0.2) is 53.3 Å². The van der Waals surface area contributed by atoms with Gasteiger partial charge in [0.05, 0.1) is 5.69 Å². The van der Waals surface area contributed by atoms with Crippen molar-refractivity contribution < 1.29 is 5.11 Å². The summed E-state index contributed by atoms with van der Waals surface area (Å²) in [5, 5.41) is 11.3. The molecule has 34 heavy (non-hydrogen) atoms. The van der Waals surface area contributed by atoms with Crippen molar-refractivity contribution in [2.45, 2.75) is 57.5 Å². The minimum absolute atomic E-state index is 0.296. The molecule has 1 aromatic carbocycles. The average molecular weight is 456 g/mol. The van der Waals surface area contributed by atoms with Crippen molar-refractivity contribution in [1.82, 2.24) is 9.88 Å². The van der Waals surface area contributed by atoms with E-state index in [2.05, 4.69) is 71.0 Å². The number of aromatic nitrogens is 1. The van der Waals surface area contributed by atoms with Gasteiger partial charge in [0.25, 0.3) is 0 Å². The molecule has 1 aliphatic carbocycles. The molecule has 1 saturated carbocycles. The Morgan fingerprint density at radius 2 is 1.76 bits per heavy atom. The monoisotopic (exact) mass is 455 g/mol. The van der Waals surface area contributed by atoms with Gasteiger partial charge in [-0.25, -0.2) is 4.98 Å². The largest absolute Gasteiger partial charge is 0.376 e. The Morgan fingerprint density at radius 1 is 1.00 bits per heavy atom. The second kappa shape index (κ2) is 8.70. The molecule has 2 bridgehead atoms. The zero-order chi connectivity index (χ0) is 23.2. The van der Waals surface area contributed by atoms with Gasteiger partial charge in [-0.1, -0.05) is 55.5 Å². The summed E-state index contributed by atoms with van der Waals surface area (Å²) in [5.74, 6) is 8.87. The first-order valence-electron chi connectivity index (χ1n) is 13.3. The van der Waals surface area contributed by atoms with E-state index >= 15 is 0 Å². The number of benzene rings is 1. The number of fused-ring (bicyclic) bond motifs is 3. The quantitative estimate of drug-likeness (QED) is 0.690. The lowest BCUT2D eigenvalue weighted by atomic mass is 9.62. The number of anilines is 1. The third kappa shape index (κ3) is 4.14. The molecule has 4 nitrogen and oxygen atoms in total. The van der Waals surface area contributed by atoms with Crippen molar-refractivity contribution in [1.29, 1.82) is 0 Å². The van der Waals surface area contributed by atoms with Gasteiger partial charge < -0.3 is 10.0 Å². The second-order valence-electron chi connectivity index (χ2n) is 11.5. The molecule has 5 fully saturated rings. The van der Waals surface area contributed by atoms with Gasteiger partial charge in [-0.05, 0) is 74.2 Å². The van der Waals surface area contributed by atoms with Crippen LogP contribution in [0.5, 0.6) is 0 Å². The van der Waals surface area contributed by atoms with Crippen molar-refractivity contribution >= 4 is 5.82 Å². The standard InChI is InChI=1S/C30H37N3O/c1-29(14-5-15-29)26-13-19-33(21-26)28-9-8-24(27(31-28)20-23-6-3-2-4-7-23)10-16-30(34)22-32-17-11-25(30)12-18-32/h2-4,6-9,25-26,34H,5,11-15,17-22H2,1H3. The lowest BCUT2D eigenvalue weighted by molar-refractivity contribution is -0.0713. The second-order valence-corrected chi connectivity index (χ2v) is 11.5. The summed E-state index contributed by atoms with van der Waals surface area (Å²) in [6.45, 7) is 7.58. The van der Waals surface area contributed by atoms with Gasteiger partial charge in [-0.2, -0.15) is 0 Å². The van der Waals surface area contributed by atoms with Crippen LogP contribution in [0.1, 0.15) is 62.3 Å². The third-order valence-corrected chi connectivity index (χ3v) is 9.31. The van der Waals surface area contributed by atoms with Crippen molar-refractivity contribution in [3.8, 4) is 11.8 Å². The van der Waals surface area contributed by atoms with E-state index in [1.165, 1.54) is 31.2 Å². The average Bonchev–Trinajstić information content (AvgIpc) is 3.34. The van der Waals surface area contributed by atoms with E-state index in [4.69, 9.17) is 4.98 Å². The number of pyridine rings is 1. The van der Waals surface area contributed by atoms with Crippen molar-refractivity contribution in [2.75, 3.05) is 37.6 Å². The maximum atomic E-state index is 11.3. The molecule has 0 amide bonds. The Bertz CT molecular complexity index is 1090. The number of piperidine rings is 3. The molecule has 1 aromatic heterocycles. The Kier molecular flexibility index (Phi) is 5.66. The first-order chi connectivity index (χ1) is 16.5. The summed E-state index contributed by atoms with van der Waals surface area (Å²) in [6.07, 6.45) is 8.30. The predicted molar refractivity (Wildman–Crippen MR) is 137 cm³/mol. The maximum Gasteiger partial charge on any atom is 0.141 e. The number of aliphatic hydroxyl groups is 1. The van der Waals surface area contributed by atoms with Crippen LogP contribution in [0.25, 0.3) is 0 Å². The summed E-state index contributed by atoms with van der Waals surface area (Å²) in [5.41, 5.74) is 2.88. The zero-order valence-corrected chi connectivity index (χ0v) is 20.5. The van der Waals surface area contributed by atoms with Crippen LogP contribution in [0.2, 0.25) is 0 Å². The molecule has 4 aliphatic heterocycles. The van der Waals surface area contributed by atoms with Gasteiger partial charge in [-0.3, -0.25) is 4.90 Å². The number of hydrogen-bond donors (Lipinski definition) is 1.